The Kier molecular flexibility index (Phi) is 5.62. The van der Waals surface area contributed by atoms with E-state index in [1.807, 2.05) is 0 Å². The summed E-state index contributed by atoms with van der Waals surface area (Å²) in [5.41, 5.74) is 0.919. The summed E-state index contributed by atoms with van der Waals surface area (Å²) in [7, 11) is 0. The van der Waals surface area contributed by atoms with Crippen molar-refractivity contribution in [2.24, 2.45) is 5.92 Å². The van der Waals surface area contributed by atoms with Gasteiger partial charge in [0.05, 0.1) is 5.56 Å². The molecular formula is C17H22F3NO. The second kappa shape index (κ2) is 7.27. The van der Waals surface area contributed by atoms with E-state index in [4.69, 9.17) is 0 Å². The average Bonchev–Trinajstić information content (AvgIpc) is 2.48. The Bertz CT molecular complexity index is 519. The van der Waals surface area contributed by atoms with Gasteiger partial charge in [-0.15, -0.1) is 0 Å². The monoisotopic (exact) mass is 313 g/mol. The molecule has 22 heavy (non-hydrogen) atoms. The minimum absolute atomic E-state index is 0.113. The fraction of sp³-hybridized carbons (Fsp3) is 0.588. The van der Waals surface area contributed by atoms with E-state index in [0.717, 1.165) is 37.6 Å². The van der Waals surface area contributed by atoms with E-state index in [9.17, 15) is 18.0 Å². The Morgan fingerprint density at radius 3 is 2.73 bits per heavy atom. The molecule has 1 aliphatic heterocycles. The fourth-order valence-electron chi connectivity index (χ4n) is 2.94. The summed E-state index contributed by atoms with van der Waals surface area (Å²) in [6, 6.07) is 3.84. The number of ketones is 1. The van der Waals surface area contributed by atoms with Gasteiger partial charge in [-0.05, 0) is 62.4 Å². The van der Waals surface area contributed by atoms with Gasteiger partial charge in [0, 0.05) is 18.9 Å². The molecule has 0 radical (unpaired) electrons. The molecule has 0 aliphatic carbocycles. The van der Waals surface area contributed by atoms with Crippen molar-refractivity contribution >= 4 is 5.78 Å². The van der Waals surface area contributed by atoms with Gasteiger partial charge in [0.2, 0.25) is 0 Å². The highest BCUT2D eigenvalue weighted by Crippen LogP contribution is 2.30. The van der Waals surface area contributed by atoms with Gasteiger partial charge in [-0.3, -0.25) is 4.79 Å². The highest BCUT2D eigenvalue weighted by atomic mass is 19.4. The van der Waals surface area contributed by atoms with Gasteiger partial charge in [0.25, 0.3) is 0 Å². The Balaban J connectivity index is 1.85. The van der Waals surface area contributed by atoms with Crippen molar-refractivity contribution in [3.8, 4) is 0 Å². The van der Waals surface area contributed by atoms with Crippen LogP contribution in [0.2, 0.25) is 0 Å². The summed E-state index contributed by atoms with van der Waals surface area (Å²) in [5, 5.41) is 3.23. The zero-order valence-electron chi connectivity index (χ0n) is 12.8. The Morgan fingerprint density at radius 1 is 1.36 bits per heavy atom. The number of aryl methyl sites for hydroxylation is 2. The molecule has 1 saturated heterocycles. The van der Waals surface area contributed by atoms with Gasteiger partial charge in [-0.25, -0.2) is 0 Å². The van der Waals surface area contributed by atoms with Crippen LogP contribution in [0.4, 0.5) is 13.2 Å². The summed E-state index contributed by atoms with van der Waals surface area (Å²) in [5.74, 6) is 0.388. The summed E-state index contributed by atoms with van der Waals surface area (Å²) in [6.45, 7) is 3.43. The third-order valence-corrected chi connectivity index (χ3v) is 4.29. The van der Waals surface area contributed by atoms with Crippen molar-refractivity contribution in [3.05, 3.63) is 34.9 Å². The first-order valence-electron chi connectivity index (χ1n) is 7.78. The van der Waals surface area contributed by atoms with Crippen molar-refractivity contribution < 1.29 is 18.0 Å². The van der Waals surface area contributed by atoms with Crippen molar-refractivity contribution in [2.75, 3.05) is 13.1 Å². The van der Waals surface area contributed by atoms with Crippen molar-refractivity contribution in [3.63, 3.8) is 0 Å². The lowest BCUT2D eigenvalue weighted by molar-refractivity contribution is -0.137. The van der Waals surface area contributed by atoms with Crippen LogP contribution in [0.1, 0.15) is 42.4 Å². The molecule has 0 spiro atoms. The smallest absolute Gasteiger partial charge is 0.316 e. The van der Waals surface area contributed by atoms with E-state index in [-0.39, 0.29) is 11.7 Å². The first kappa shape index (κ1) is 17.0. The third-order valence-electron chi connectivity index (χ3n) is 4.29. The largest absolute Gasteiger partial charge is 0.416 e. The van der Waals surface area contributed by atoms with Crippen LogP contribution in [-0.4, -0.2) is 18.9 Å². The first-order valence-corrected chi connectivity index (χ1v) is 7.78. The topological polar surface area (TPSA) is 29.1 Å². The molecule has 1 aliphatic rings. The van der Waals surface area contributed by atoms with Gasteiger partial charge >= 0.3 is 6.18 Å². The number of carbonyl (C=O) groups excluding carboxylic acids is 1. The predicted molar refractivity (Wildman–Crippen MR) is 79.7 cm³/mol. The standard InChI is InChI=1S/C17H22F3NO/c1-12-10-15(17(18,19)20)8-7-13(12)4-2-6-16(22)14-5-3-9-21-11-14/h7-8,10,14,21H,2-6,9,11H2,1H3/t14-/m1/s1. The quantitative estimate of drug-likeness (QED) is 0.893. The number of Topliss-reactive ketones (excluding diaryl/α,β-unsaturated/α-hetero) is 1. The lowest BCUT2D eigenvalue weighted by atomic mass is 9.91. The van der Waals surface area contributed by atoms with Crippen LogP contribution in [0.5, 0.6) is 0 Å². The van der Waals surface area contributed by atoms with Crippen LogP contribution in [-0.2, 0) is 17.4 Å². The molecule has 0 unspecified atom stereocenters. The molecule has 0 amide bonds. The SMILES string of the molecule is Cc1cc(C(F)(F)F)ccc1CCCC(=O)[C@@H]1CCCNC1. The predicted octanol–water partition coefficient (Wildman–Crippen LogP) is 3.91. The Morgan fingerprint density at radius 2 is 2.14 bits per heavy atom. The number of alkyl halides is 3. The number of hydrogen-bond donors (Lipinski definition) is 1. The van der Waals surface area contributed by atoms with E-state index in [1.54, 1.807) is 6.92 Å². The average molecular weight is 313 g/mol. The maximum atomic E-state index is 12.6. The maximum Gasteiger partial charge on any atom is 0.416 e. The molecule has 0 aromatic heterocycles. The molecule has 1 N–H and O–H groups in total. The molecule has 5 heteroatoms. The second-order valence-corrected chi connectivity index (χ2v) is 6.00. The molecular weight excluding hydrogens is 291 g/mol. The van der Waals surface area contributed by atoms with Crippen LogP contribution >= 0.6 is 0 Å². The van der Waals surface area contributed by atoms with E-state index >= 15 is 0 Å². The molecule has 2 rings (SSSR count). The van der Waals surface area contributed by atoms with Crippen LogP contribution in [0, 0.1) is 12.8 Å². The van der Waals surface area contributed by atoms with Gasteiger partial charge in [-0.1, -0.05) is 6.07 Å². The second-order valence-electron chi connectivity index (χ2n) is 6.00. The third kappa shape index (κ3) is 4.57. The van der Waals surface area contributed by atoms with E-state index in [0.29, 0.717) is 24.8 Å². The lowest BCUT2D eigenvalue weighted by Gasteiger charge is -2.21. The number of rotatable bonds is 5. The van der Waals surface area contributed by atoms with Crippen LogP contribution in [0.25, 0.3) is 0 Å². The number of piperidine rings is 1. The van der Waals surface area contributed by atoms with Crippen LogP contribution < -0.4 is 5.32 Å². The van der Waals surface area contributed by atoms with Crippen LogP contribution in [0.3, 0.4) is 0 Å². The van der Waals surface area contributed by atoms with E-state index in [2.05, 4.69) is 5.32 Å². The molecule has 2 nitrogen and oxygen atoms in total. The van der Waals surface area contributed by atoms with E-state index in [1.165, 1.54) is 12.1 Å². The number of hydrogen-bond acceptors (Lipinski definition) is 2. The zero-order chi connectivity index (χ0) is 16.2. The number of benzene rings is 1. The summed E-state index contributed by atoms with van der Waals surface area (Å²) in [4.78, 5) is 12.1. The Labute approximate surface area is 129 Å². The maximum absolute atomic E-state index is 12.6. The number of halogens is 3. The van der Waals surface area contributed by atoms with Crippen molar-refractivity contribution in [1.29, 1.82) is 0 Å². The molecule has 0 bridgehead atoms. The summed E-state index contributed by atoms with van der Waals surface area (Å²) >= 11 is 0. The van der Waals surface area contributed by atoms with Gasteiger partial charge < -0.3 is 5.32 Å². The van der Waals surface area contributed by atoms with Crippen molar-refractivity contribution in [2.45, 2.75) is 45.2 Å². The Hall–Kier alpha value is -1.36. The highest BCUT2D eigenvalue weighted by Gasteiger charge is 2.30. The molecule has 1 fully saturated rings. The molecule has 122 valence electrons. The zero-order valence-corrected chi connectivity index (χ0v) is 12.8. The van der Waals surface area contributed by atoms with Crippen molar-refractivity contribution in [1.82, 2.24) is 5.32 Å². The molecule has 1 heterocycles. The van der Waals surface area contributed by atoms with Gasteiger partial charge in [0.15, 0.2) is 0 Å². The molecule has 1 aromatic carbocycles. The van der Waals surface area contributed by atoms with E-state index < -0.39 is 11.7 Å². The minimum atomic E-state index is -4.30. The number of nitrogens with one attached hydrogen (secondary N) is 1. The first-order chi connectivity index (χ1) is 10.4. The molecule has 1 aromatic rings. The van der Waals surface area contributed by atoms with Crippen LogP contribution in [0.15, 0.2) is 18.2 Å². The highest BCUT2D eigenvalue weighted by molar-refractivity contribution is 5.81. The summed E-state index contributed by atoms with van der Waals surface area (Å²) < 4.78 is 37.8. The minimum Gasteiger partial charge on any atom is -0.316 e. The lowest BCUT2D eigenvalue weighted by Crippen LogP contribution is -2.34. The molecule has 1 atom stereocenters. The fourth-order valence-corrected chi connectivity index (χ4v) is 2.94. The van der Waals surface area contributed by atoms with Gasteiger partial charge in [-0.2, -0.15) is 13.2 Å². The number of carbonyl (C=O) groups is 1. The normalized spacial score (nSPS) is 19.2. The molecule has 0 saturated carbocycles. The summed E-state index contributed by atoms with van der Waals surface area (Å²) in [6.07, 6.45) is -0.461. The van der Waals surface area contributed by atoms with Gasteiger partial charge in [0.1, 0.15) is 5.78 Å².